The topological polar surface area (TPSA) is 107 Å². The summed E-state index contributed by atoms with van der Waals surface area (Å²) < 4.78 is 9.00. The first-order valence-corrected chi connectivity index (χ1v) is 12.5. The smallest absolute Gasteiger partial charge is 0.344 e. The summed E-state index contributed by atoms with van der Waals surface area (Å²) >= 11 is 1.24. The van der Waals surface area contributed by atoms with Gasteiger partial charge in [0.1, 0.15) is 5.82 Å². The van der Waals surface area contributed by atoms with E-state index in [0.29, 0.717) is 23.4 Å². The van der Waals surface area contributed by atoms with E-state index in [1.54, 1.807) is 9.25 Å². The highest BCUT2D eigenvalue weighted by atomic mass is 32.2. The molecular weight excluding hydrogens is 440 g/mol. The summed E-state index contributed by atoms with van der Waals surface area (Å²) in [5.74, 6) is 1.06. The number of hydrogen-bond acceptors (Lipinski definition) is 6. The minimum Gasteiger partial charge on any atom is -0.376 e. The Labute approximate surface area is 195 Å². The Morgan fingerprint density at radius 1 is 1.18 bits per heavy atom. The van der Waals surface area contributed by atoms with Crippen LogP contribution in [0.5, 0.6) is 0 Å². The lowest BCUT2D eigenvalue weighted by Gasteiger charge is -2.11. The van der Waals surface area contributed by atoms with Crippen LogP contribution in [-0.4, -0.2) is 48.9 Å². The van der Waals surface area contributed by atoms with E-state index < -0.39 is 0 Å². The molecule has 10 heteroatoms. The maximum atomic E-state index is 12.8. The van der Waals surface area contributed by atoms with E-state index in [2.05, 4.69) is 15.5 Å². The highest BCUT2D eigenvalue weighted by Crippen LogP contribution is 2.35. The molecule has 9 nitrogen and oxygen atoms in total. The SMILES string of the molecule is O=C(CSc1n[nH]c(=O)n1CC1CCCO1)Nc1cc(C2CCCC2)nn1-c1ccccc1. The van der Waals surface area contributed by atoms with Crippen molar-refractivity contribution in [2.45, 2.75) is 62.2 Å². The number of rotatable bonds is 8. The van der Waals surface area contributed by atoms with Gasteiger partial charge in [0.15, 0.2) is 5.16 Å². The zero-order valence-corrected chi connectivity index (χ0v) is 19.2. The number of anilines is 1. The Morgan fingerprint density at radius 2 is 2.00 bits per heavy atom. The zero-order chi connectivity index (χ0) is 22.6. The van der Waals surface area contributed by atoms with Crippen molar-refractivity contribution < 1.29 is 9.53 Å². The standard InChI is InChI=1S/C23H28N6O3S/c30-21(15-33-23-26-25-22(31)28(23)14-18-11-6-12-32-18)24-20-13-19(16-7-4-5-8-16)27-29(20)17-9-2-1-3-10-17/h1-3,9-10,13,16,18H,4-8,11-12,14-15H2,(H,24,30)(H,25,31). The Morgan fingerprint density at radius 3 is 2.76 bits per heavy atom. The molecule has 174 valence electrons. The largest absolute Gasteiger partial charge is 0.376 e. The maximum Gasteiger partial charge on any atom is 0.344 e. The second-order valence-electron chi connectivity index (χ2n) is 8.58. The molecule has 1 aromatic carbocycles. The van der Waals surface area contributed by atoms with E-state index in [0.717, 1.165) is 43.7 Å². The minimum atomic E-state index is -0.281. The van der Waals surface area contributed by atoms with Crippen molar-refractivity contribution in [2.75, 3.05) is 17.7 Å². The molecule has 1 aliphatic carbocycles. The van der Waals surface area contributed by atoms with Crippen molar-refractivity contribution in [3.8, 4) is 5.69 Å². The first kappa shape index (κ1) is 22.0. The fourth-order valence-electron chi connectivity index (χ4n) is 4.55. The third-order valence-corrected chi connectivity index (χ3v) is 7.21. The van der Waals surface area contributed by atoms with Crippen LogP contribution in [0, 0.1) is 0 Å². The number of carbonyl (C=O) groups excluding carboxylic acids is 1. The average Bonchev–Trinajstić information content (AvgIpc) is 3.63. The molecule has 1 saturated carbocycles. The van der Waals surface area contributed by atoms with E-state index in [4.69, 9.17) is 9.84 Å². The molecule has 5 rings (SSSR count). The number of aromatic nitrogens is 5. The molecule has 3 heterocycles. The molecule has 1 unspecified atom stereocenters. The van der Waals surface area contributed by atoms with Crippen LogP contribution < -0.4 is 11.0 Å². The average molecular weight is 469 g/mol. The third-order valence-electron chi connectivity index (χ3n) is 6.24. The van der Waals surface area contributed by atoms with Gasteiger partial charge in [-0.1, -0.05) is 42.8 Å². The number of hydrogen-bond donors (Lipinski definition) is 2. The predicted molar refractivity (Wildman–Crippen MR) is 126 cm³/mol. The van der Waals surface area contributed by atoms with Crippen LogP contribution in [0.15, 0.2) is 46.3 Å². The van der Waals surface area contributed by atoms with Crippen LogP contribution in [0.25, 0.3) is 5.69 Å². The normalized spacial score (nSPS) is 18.7. The number of ether oxygens (including phenoxy) is 1. The van der Waals surface area contributed by atoms with Crippen molar-refractivity contribution in [1.82, 2.24) is 24.5 Å². The molecule has 2 fully saturated rings. The van der Waals surface area contributed by atoms with Crippen LogP contribution in [0.3, 0.4) is 0 Å². The van der Waals surface area contributed by atoms with Gasteiger partial charge in [-0.15, -0.1) is 5.10 Å². The van der Waals surface area contributed by atoms with E-state index in [1.165, 1.54) is 24.6 Å². The Hall–Kier alpha value is -2.85. The second kappa shape index (κ2) is 9.96. The van der Waals surface area contributed by atoms with Crippen molar-refractivity contribution in [3.63, 3.8) is 0 Å². The quantitative estimate of drug-likeness (QED) is 0.491. The van der Waals surface area contributed by atoms with Crippen molar-refractivity contribution >= 4 is 23.5 Å². The van der Waals surface area contributed by atoms with Gasteiger partial charge in [-0.2, -0.15) is 5.10 Å². The van der Waals surface area contributed by atoms with Crippen LogP contribution in [-0.2, 0) is 16.1 Å². The summed E-state index contributed by atoms with van der Waals surface area (Å²) in [6, 6.07) is 11.8. The number of para-hydroxylation sites is 1. The summed E-state index contributed by atoms with van der Waals surface area (Å²) in [6.07, 6.45) is 6.65. The molecule has 33 heavy (non-hydrogen) atoms. The van der Waals surface area contributed by atoms with E-state index in [1.807, 2.05) is 36.4 Å². The highest BCUT2D eigenvalue weighted by Gasteiger charge is 2.23. The molecule has 0 radical (unpaired) electrons. The minimum absolute atomic E-state index is 0.0164. The molecule has 0 bridgehead atoms. The number of thioether (sulfide) groups is 1. The Bertz CT molecular complexity index is 1140. The van der Waals surface area contributed by atoms with Gasteiger partial charge in [-0.25, -0.2) is 14.6 Å². The molecule has 3 aromatic rings. The summed E-state index contributed by atoms with van der Waals surface area (Å²) in [4.78, 5) is 25.0. The van der Waals surface area contributed by atoms with Crippen LogP contribution in [0.1, 0.15) is 50.1 Å². The van der Waals surface area contributed by atoms with E-state index in [-0.39, 0.29) is 23.5 Å². The lowest BCUT2D eigenvalue weighted by atomic mass is 10.0. The second-order valence-corrected chi connectivity index (χ2v) is 9.52. The van der Waals surface area contributed by atoms with Crippen LogP contribution in [0.4, 0.5) is 5.82 Å². The van der Waals surface area contributed by atoms with Gasteiger partial charge in [0, 0.05) is 18.6 Å². The molecule has 0 spiro atoms. The Balaban J connectivity index is 1.28. The van der Waals surface area contributed by atoms with Gasteiger partial charge >= 0.3 is 5.69 Å². The number of aromatic amines is 1. The number of nitrogens with one attached hydrogen (secondary N) is 2. The van der Waals surface area contributed by atoms with Crippen molar-refractivity contribution in [2.24, 2.45) is 0 Å². The fraction of sp³-hybridized carbons (Fsp3) is 0.478. The van der Waals surface area contributed by atoms with Crippen LogP contribution in [0.2, 0.25) is 0 Å². The van der Waals surface area contributed by atoms with Gasteiger partial charge in [0.25, 0.3) is 0 Å². The lowest BCUT2D eigenvalue weighted by Crippen LogP contribution is -2.25. The molecule has 1 aliphatic heterocycles. The van der Waals surface area contributed by atoms with Crippen molar-refractivity contribution in [1.29, 1.82) is 0 Å². The van der Waals surface area contributed by atoms with Gasteiger partial charge in [-0.3, -0.25) is 9.36 Å². The monoisotopic (exact) mass is 468 g/mol. The Kier molecular flexibility index (Phi) is 6.63. The first-order chi connectivity index (χ1) is 16.2. The van der Waals surface area contributed by atoms with Crippen molar-refractivity contribution in [3.05, 3.63) is 52.6 Å². The number of amides is 1. The molecule has 2 aromatic heterocycles. The number of carbonyl (C=O) groups is 1. The highest BCUT2D eigenvalue weighted by molar-refractivity contribution is 7.99. The number of H-pyrrole nitrogens is 1. The third kappa shape index (κ3) is 5.06. The zero-order valence-electron chi connectivity index (χ0n) is 18.4. The maximum absolute atomic E-state index is 12.8. The summed E-state index contributed by atoms with van der Waals surface area (Å²) in [6.45, 7) is 1.17. The van der Waals surface area contributed by atoms with Gasteiger partial charge in [0.05, 0.1) is 29.8 Å². The van der Waals surface area contributed by atoms with Gasteiger partial charge in [0.2, 0.25) is 5.91 Å². The fourth-order valence-corrected chi connectivity index (χ4v) is 5.31. The molecule has 1 atom stereocenters. The number of benzene rings is 1. The number of nitrogens with zero attached hydrogens (tertiary/aromatic N) is 4. The van der Waals surface area contributed by atoms with Gasteiger partial charge in [-0.05, 0) is 37.8 Å². The van der Waals surface area contributed by atoms with E-state index in [9.17, 15) is 9.59 Å². The molecule has 1 amide bonds. The lowest BCUT2D eigenvalue weighted by molar-refractivity contribution is -0.113. The van der Waals surface area contributed by atoms with Crippen LogP contribution >= 0.6 is 11.8 Å². The van der Waals surface area contributed by atoms with Gasteiger partial charge < -0.3 is 10.1 Å². The summed E-state index contributed by atoms with van der Waals surface area (Å²) in [5, 5.41) is 14.9. The molecule has 2 aliphatic rings. The first-order valence-electron chi connectivity index (χ1n) is 11.5. The molecule has 2 N–H and O–H groups in total. The van der Waals surface area contributed by atoms with E-state index >= 15 is 0 Å². The molecule has 1 saturated heterocycles. The predicted octanol–water partition coefficient (Wildman–Crippen LogP) is 3.32. The summed E-state index contributed by atoms with van der Waals surface area (Å²) in [7, 11) is 0. The summed E-state index contributed by atoms with van der Waals surface area (Å²) in [5.41, 5.74) is 1.65. The molecular formula is C23H28N6O3S.